The first kappa shape index (κ1) is 15.2. The second kappa shape index (κ2) is 5.68. The van der Waals surface area contributed by atoms with Crippen LogP contribution in [0.25, 0.3) is 31.3 Å². The molecule has 2 N–H and O–H groups in total. The van der Waals surface area contributed by atoms with Gasteiger partial charge in [-0.05, 0) is 22.7 Å². The van der Waals surface area contributed by atoms with Gasteiger partial charge in [0, 0.05) is 14.7 Å². The normalized spacial score (nSPS) is 12.3. The highest BCUT2D eigenvalue weighted by molar-refractivity contribution is 6.27. The molecule has 0 heterocycles. The summed E-state index contributed by atoms with van der Waals surface area (Å²) in [7, 11) is 0. The highest BCUT2D eigenvalue weighted by Gasteiger charge is 2.34. The van der Waals surface area contributed by atoms with Crippen LogP contribution in [0.3, 0.4) is 0 Å². The largest absolute Gasteiger partial charge is 0.507 e. The van der Waals surface area contributed by atoms with Gasteiger partial charge in [-0.15, -0.1) is 0 Å². The predicted molar refractivity (Wildman–Crippen MR) is 73.3 cm³/mol. The van der Waals surface area contributed by atoms with Gasteiger partial charge in [0.25, 0.3) is 0 Å². The van der Waals surface area contributed by atoms with E-state index in [9.17, 15) is 19.8 Å². The molecule has 0 spiro atoms. The Labute approximate surface area is 125 Å². The van der Waals surface area contributed by atoms with Crippen LogP contribution in [0.15, 0.2) is 27.1 Å². The molecule has 13 nitrogen and oxygen atoms in total. The first-order valence-electron chi connectivity index (χ1n) is 5.55. The van der Waals surface area contributed by atoms with Gasteiger partial charge in [-0.25, -0.2) is 0 Å². The average Bonchev–Trinajstić information content (AvgIpc) is 2.51. The number of carbonyl (C=O) groups is 2. The third-order valence-electron chi connectivity index (χ3n) is 2.81. The van der Waals surface area contributed by atoms with Crippen LogP contribution in [0.5, 0.6) is 11.5 Å². The van der Waals surface area contributed by atoms with Crippen LogP contribution < -0.4 is 0 Å². The summed E-state index contributed by atoms with van der Waals surface area (Å²) in [5.41, 5.74) is 21.9. The minimum absolute atomic E-state index is 0.622. The molecule has 1 aromatic carbocycles. The molecule has 0 aliphatic heterocycles. The van der Waals surface area contributed by atoms with Crippen LogP contribution in [0.4, 0.5) is 11.4 Å². The highest BCUT2D eigenvalue weighted by atomic mass is 16.3. The Morgan fingerprint density at radius 2 is 1.30 bits per heavy atom. The molecule has 0 atom stereocenters. The fraction of sp³-hybridized carbons (Fsp3) is 0. The fourth-order valence-electron chi connectivity index (χ4n) is 1.95. The van der Waals surface area contributed by atoms with Crippen molar-refractivity contribution in [1.82, 2.24) is 0 Å². The first-order chi connectivity index (χ1) is 11.0. The van der Waals surface area contributed by atoms with Crippen molar-refractivity contribution in [3.8, 4) is 11.5 Å². The van der Waals surface area contributed by atoms with Crippen LogP contribution in [-0.2, 0) is 0 Å². The van der Waals surface area contributed by atoms with Crippen LogP contribution in [-0.4, -0.2) is 21.8 Å². The smallest absolute Gasteiger partial charge is 0.200 e. The van der Waals surface area contributed by atoms with E-state index in [1.165, 1.54) is 0 Å². The summed E-state index contributed by atoms with van der Waals surface area (Å²) < 4.78 is 0. The molecule has 0 bridgehead atoms. The molecule has 0 amide bonds. The lowest BCUT2D eigenvalue weighted by Crippen LogP contribution is -2.16. The number of nitrogens with zero attached hydrogens (tertiary/aromatic N) is 9. The van der Waals surface area contributed by atoms with Crippen LogP contribution in [0.2, 0.25) is 0 Å². The second-order valence-electron chi connectivity index (χ2n) is 3.94. The lowest BCUT2D eigenvalue weighted by molar-refractivity contribution is 0.0978. The van der Waals surface area contributed by atoms with Crippen molar-refractivity contribution in [2.75, 3.05) is 0 Å². The van der Waals surface area contributed by atoms with E-state index in [-0.39, 0.29) is 0 Å². The van der Waals surface area contributed by atoms with Gasteiger partial charge in [0.2, 0.25) is 0 Å². The summed E-state index contributed by atoms with van der Waals surface area (Å²) in [4.78, 5) is 31.3. The Hall–Kier alpha value is -4.17. The third-order valence-corrected chi connectivity index (χ3v) is 2.81. The quantitative estimate of drug-likeness (QED) is 0.369. The van der Waals surface area contributed by atoms with Gasteiger partial charge in [-0.3, -0.25) is 9.59 Å². The lowest BCUT2D eigenvalue weighted by atomic mass is 9.89. The van der Waals surface area contributed by atoms with Crippen molar-refractivity contribution in [3.05, 3.63) is 54.2 Å². The minimum atomic E-state index is -1.08. The zero-order valence-corrected chi connectivity index (χ0v) is 10.8. The Morgan fingerprint density at radius 3 is 1.78 bits per heavy atom. The maximum atomic E-state index is 12.2. The molecule has 1 aliphatic carbocycles. The van der Waals surface area contributed by atoms with E-state index in [1.807, 2.05) is 0 Å². The standard InChI is InChI=1S/C10H3N9O4/c11-17-14-2-1-3(20)4-5(8(2)21)10(23)7(16-19-13)6(9(4)22)15-18-12/h1,22-23H. The number of azide groups is 3. The summed E-state index contributed by atoms with van der Waals surface area (Å²) in [5.74, 6) is -3.99. The van der Waals surface area contributed by atoms with E-state index >= 15 is 0 Å². The van der Waals surface area contributed by atoms with Crippen LogP contribution in [0.1, 0.15) is 20.7 Å². The number of rotatable bonds is 3. The molecule has 0 aromatic heterocycles. The number of aromatic hydroxyl groups is 2. The third kappa shape index (κ3) is 2.22. The van der Waals surface area contributed by atoms with Crippen LogP contribution >= 0.6 is 0 Å². The maximum Gasteiger partial charge on any atom is 0.200 e. The van der Waals surface area contributed by atoms with Gasteiger partial charge in [0.15, 0.2) is 11.6 Å². The molecule has 2 rings (SSSR count). The number of carbonyl (C=O) groups excluding carboxylic acids is 2. The number of allylic oxidation sites excluding steroid dienone is 2. The topological polar surface area (TPSA) is 221 Å². The number of ketones is 2. The van der Waals surface area contributed by atoms with Gasteiger partial charge in [-0.1, -0.05) is 15.3 Å². The van der Waals surface area contributed by atoms with Crippen molar-refractivity contribution >= 4 is 22.9 Å². The molecule has 23 heavy (non-hydrogen) atoms. The highest BCUT2D eigenvalue weighted by Crippen LogP contribution is 2.50. The molecule has 13 heteroatoms. The summed E-state index contributed by atoms with van der Waals surface area (Å²) in [6.07, 6.45) is 0.649. The molecule has 1 aliphatic rings. The van der Waals surface area contributed by atoms with Crippen molar-refractivity contribution in [3.63, 3.8) is 0 Å². The SMILES string of the molecule is [N-]=[N+]=NC1=CC(=O)c2c(O)c(N=[N+]=[N-])c(N=[N+]=[N-])c(O)c2C1=O. The van der Waals surface area contributed by atoms with E-state index in [0.717, 1.165) is 0 Å². The van der Waals surface area contributed by atoms with E-state index in [1.54, 1.807) is 0 Å². The van der Waals surface area contributed by atoms with Crippen molar-refractivity contribution in [2.24, 2.45) is 15.3 Å². The van der Waals surface area contributed by atoms with Crippen molar-refractivity contribution in [2.45, 2.75) is 0 Å². The van der Waals surface area contributed by atoms with E-state index in [0.29, 0.717) is 6.08 Å². The number of hydrogen-bond donors (Lipinski definition) is 2. The zero-order valence-electron chi connectivity index (χ0n) is 10.8. The summed E-state index contributed by atoms with van der Waals surface area (Å²) in [5, 5.41) is 29.2. The Bertz CT molecular complexity index is 944. The number of phenolic OH excluding ortho intramolecular Hbond substituents is 2. The molecule has 1 aromatic rings. The Morgan fingerprint density at radius 1 is 0.826 bits per heavy atom. The second-order valence-corrected chi connectivity index (χ2v) is 3.94. The zero-order chi connectivity index (χ0) is 17.1. The van der Waals surface area contributed by atoms with Gasteiger partial charge in [0.1, 0.15) is 11.5 Å². The fourth-order valence-corrected chi connectivity index (χ4v) is 1.95. The van der Waals surface area contributed by atoms with E-state index in [2.05, 4.69) is 30.1 Å². The molecule has 0 unspecified atom stereocenters. The van der Waals surface area contributed by atoms with Crippen molar-refractivity contribution < 1.29 is 19.8 Å². The van der Waals surface area contributed by atoms with Crippen LogP contribution in [0, 0.1) is 0 Å². The molecule has 0 radical (unpaired) electrons. The number of phenols is 2. The minimum Gasteiger partial charge on any atom is -0.507 e. The summed E-state index contributed by atoms with van der Waals surface area (Å²) in [6.45, 7) is 0. The summed E-state index contributed by atoms with van der Waals surface area (Å²) in [6, 6.07) is 0. The predicted octanol–water partition coefficient (Wildman–Crippen LogP) is 3.55. The number of fused-ring (bicyclic) bond motifs is 1. The van der Waals surface area contributed by atoms with Gasteiger partial charge in [-0.2, -0.15) is 0 Å². The summed E-state index contributed by atoms with van der Waals surface area (Å²) >= 11 is 0. The molecule has 0 saturated heterocycles. The number of hydrogen-bond acceptors (Lipinski definition) is 7. The molecular formula is C10H3N9O4. The first-order valence-corrected chi connectivity index (χ1v) is 5.55. The lowest BCUT2D eigenvalue weighted by Gasteiger charge is -2.18. The molecular weight excluding hydrogens is 310 g/mol. The molecule has 0 fully saturated rings. The number of benzene rings is 1. The van der Waals surface area contributed by atoms with Gasteiger partial charge in [0.05, 0.1) is 28.2 Å². The monoisotopic (exact) mass is 313 g/mol. The van der Waals surface area contributed by atoms with Gasteiger partial charge < -0.3 is 10.2 Å². The Kier molecular flexibility index (Phi) is 3.76. The maximum absolute atomic E-state index is 12.2. The van der Waals surface area contributed by atoms with E-state index < -0.39 is 51.3 Å². The van der Waals surface area contributed by atoms with E-state index in [4.69, 9.17) is 16.6 Å². The number of Topliss-reactive ketones (excluding diaryl/α,β-unsaturated/α-hetero) is 1. The molecule has 0 saturated carbocycles. The molecule has 112 valence electrons. The Balaban J connectivity index is 2.99. The van der Waals surface area contributed by atoms with Crippen molar-refractivity contribution in [1.29, 1.82) is 0 Å². The van der Waals surface area contributed by atoms with Gasteiger partial charge >= 0.3 is 0 Å². The average molecular weight is 313 g/mol.